The smallest absolute Gasteiger partial charge is 0.337 e. The van der Waals surface area contributed by atoms with Crippen LogP contribution in [-0.2, 0) is 0 Å². The predicted molar refractivity (Wildman–Crippen MR) is 81.2 cm³/mol. The molecule has 1 fully saturated rings. The molecule has 0 spiro atoms. The first-order valence-corrected chi connectivity index (χ1v) is 7.81. The zero-order valence-electron chi connectivity index (χ0n) is 11.1. The number of hydrogen-bond acceptors (Lipinski definition) is 4. The lowest BCUT2D eigenvalue weighted by Gasteiger charge is -2.23. The van der Waals surface area contributed by atoms with E-state index in [4.69, 9.17) is 10.8 Å². The summed E-state index contributed by atoms with van der Waals surface area (Å²) >= 11 is 1.94. The first kappa shape index (κ1) is 14.1. The monoisotopic (exact) mass is 280 g/mol. The topological polar surface area (TPSA) is 66.6 Å². The Balaban J connectivity index is 2.13. The Hall–Kier alpha value is -1.36. The number of aromatic carboxylic acids is 1. The average molecular weight is 280 g/mol. The second-order valence-electron chi connectivity index (χ2n) is 4.85. The number of rotatable bonds is 3. The van der Waals surface area contributed by atoms with Crippen molar-refractivity contribution in [2.75, 3.05) is 30.0 Å². The summed E-state index contributed by atoms with van der Waals surface area (Å²) < 4.78 is 0. The Morgan fingerprint density at radius 1 is 1.42 bits per heavy atom. The minimum Gasteiger partial charge on any atom is -0.478 e. The molecule has 0 radical (unpaired) electrons. The van der Waals surface area contributed by atoms with E-state index in [9.17, 15) is 4.79 Å². The van der Waals surface area contributed by atoms with Gasteiger partial charge in [-0.1, -0.05) is 0 Å². The van der Waals surface area contributed by atoms with Gasteiger partial charge in [0, 0.05) is 29.7 Å². The van der Waals surface area contributed by atoms with Crippen LogP contribution in [0, 0.1) is 0 Å². The van der Waals surface area contributed by atoms with E-state index in [2.05, 4.69) is 11.2 Å². The fraction of sp³-hybridized carbons (Fsp3) is 0.500. The van der Waals surface area contributed by atoms with E-state index in [0.717, 1.165) is 24.0 Å². The largest absolute Gasteiger partial charge is 0.478 e. The van der Waals surface area contributed by atoms with Gasteiger partial charge in [-0.15, -0.1) is 0 Å². The molecule has 0 saturated carbocycles. The molecule has 2 rings (SSSR count). The van der Waals surface area contributed by atoms with Crippen LogP contribution < -0.4 is 10.6 Å². The second kappa shape index (κ2) is 6.19. The molecule has 4 nitrogen and oxygen atoms in total. The summed E-state index contributed by atoms with van der Waals surface area (Å²) in [5.41, 5.74) is 7.37. The van der Waals surface area contributed by atoms with Gasteiger partial charge in [0.25, 0.3) is 0 Å². The van der Waals surface area contributed by atoms with Gasteiger partial charge in [0.05, 0.1) is 5.56 Å². The van der Waals surface area contributed by atoms with Crippen molar-refractivity contribution in [1.82, 2.24) is 0 Å². The van der Waals surface area contributed by atoms with Gasteiger partial charge in [-0.25, -0.2) is 4.79 Å². The molecule has 19 heavy (non-hydrogen) atoms. The van der Waals surface area contributed by atoms with Gasteiger partial charge in [0.15, 0.2) is 0 Å². The summed E-state index contributed by atoms with van der Waals surface area (Å²) in [6.07, 6.45) is 5.76. The van der Waals surface area contributed by atoms with E-state index in [-0.39, 0.29) is 5.56 Å². The summed E-state index contributed by atoms with van der Waals surface area (Å²) in [5, 5.41) is 9.72. The zero-order valence-corrected chi connectivity index (χ0v) is 11.9. The van der Waals surface area contributed by atoms with Crippen molar-refractivity contribution in [2.24, 2.45) is 0 Å². The molecule has 0 amide bonds. The van der Waals surface area contributed by atoms with Crippen molar-refractivity contribution in [3.8, 4) is 0 Å². The van der Waals surface area contributed by atoms with Gasteiger partial charge >= 0.3 is 5.97 Å². The van der Waals surface area contributed by atoms with Gasteiger partial charge in [-0.2, -0.15) is 11.8 Å². The lowest BCUT2D eigenvalue weighted by Crippen LogP contribution is -2.24. The van der Waals surface area contributed by atoms with Crippen LogP contribution in [0.3, 0.4) is 0 Å². The number of benzene rings is 1. The SMILES string of the molecule is CSC1CCCN(c2ccc(C(=O)O)c(N)c2)CC1. The van der Waals surface area contributed by atoms with Crippen molar-refractivity contribution >= 4 is 29.1 Å². The molecule has 1 atom stereocenters. The Kier molecular flexibility index (Phi) is 4.58. The number of nitrogens with zero attached hydrogens (tertiary/aromatic N) is 1. The molecule has 1 aromatic carbocycles. The molecule has 1 aliphatic heterocycles. The van der Waals surface area contributed by atoms with Crippen LogP contribution in [0.25, 0.3) is 0 Å². The van der Waals surface area contributed by atoms with Crippen LogP contribution in [0.4, 0.5) is 11.4 Å². The van der Waals surface area contributed by atoms with Crippen molar-refractivity contribution < 1.29 is 9.90 Å². The van der Waals surface area contributed by atoms with E-state index in [1.165, 1.54) is 19.3 Å². The molecule has 5 heteroatoms. The molecule has 1 aliphatic rings. The fourth-order valence-corrected chi connectivity index (χ4v) is 3.24. The van der Waals surface area contributed by atoms with Gasteiger partial charge in [-0.3, -0.25) is 0 Å². The average Bonchev–Trinajstić information content (AvgIpc) is 2.63. The first-order chi connectivity index (χ1) is 9.11. The van der Waals surface area contributed by atoms with Gasteiger partial charge < -0.3 is 15.7 Å². The molecule has 3 N–H and O–H groups in total. The lowest BCUT2D eigenvalue weighted by atomic mass is 10.1. The molecule has 1 heterocycles. The van der Waals surface area contributed by atoms with Gasteiger partial charge in [-0.05, 0) is 43.7 Å². The van der Waals surface area contributed by atoms with E-state index in [0.29, 0.717) is 5.69 Å². The van der Waals surface area contributed by atoms with Crippen molar-refractivity contribution in [2.45, 2.75) is 24.5 Å². The molecule has 104 valence electrons. The van der Waals surface area contributed by atoms with Crippen LogP contribution in [0.5, 0.6) is 0 Å². The summed E-state index contributed by atoms with van der Waals surface area (Å²) in [6, 6.07) is 5.24. The van der Waals surface area contributed by atoms with E-state index >= 15 is 0 Å². The number of carboxylic acid groups (broad SMARTS) is 1. The Bertz CT molecular complexity index is 465. The maximum Gasteiger partial charge on any atom is 0.337 e. The normalized spacial score (nSPS) is 20.1. The molecule has 1 aromatic rings. The second-order valence-corrected chi connectivity index (χ2v) is 5.99. The predicted octanol–water partition coefficient (Wildman–Crippen LogP) is 2.69. The van der Waals surface area contributed by atoms with Crippen LogP contribution in [0.2, 0.25) is 0 Å². The Morgan fingerprint density at radius 3 is 2.84 bits per heavy atom. The summed E-state index contributed by atoms with van der Waals surface area (Å²) in [5.74, 6) is -0.970. The van der Waals surface area contributed by atoms with Gasteiger partial charge in [0.1, 0.15) is 0 Å². The minimum absolute atomic E-state index is 0.181. The number of hydrogen-bond donors (Lipinski definition) is 2. The number of anilines is 2. The lowest BCUT2D eigenvalue weighted by molar-refractivity contribution is 0.0698. The third-order valence-corrected chi connectivity index (χ3v) is 4.78. The fourth-order valence-electron chi connectivity index (χ4n) is 2.50. The molecular weight excluding hydrogens is 260 g/mol. The highest BCUT2D eigenvalue weighted by molar-refractivity contribution is 7.99. The number of nitrogens with two attached hydrogens (primary N) is 1. The van der Waals surface area contributed by atoms with E-state index in [1.807, 2.05) is 17.8 Å². The quantitative estimate of drug-likeness (QED) is 0.833. The number of carboxylic acids is 1. The molecule has 1 saturated heterocycles. The van der Waals surface area contributed by atoms with E-state index in [1.54, 1.807) is 12.1 Å². The Morgan fingerprint density at radius 2 is 2.21 bits per heavy atom. The maximum atomic E-state index is 10.9. The highest BCUT2D eigenvalue weighted by Gasteiger charge is 2.17. The van der Waals surface area contributed by atoms with Crippen LogP contribution in [0.15, 0.2) is 18.2 Å². The first-order valence-electron chi connectivity index (χ1n) is 6.52. The molecular formula is C14H20N2O2S. The third-order valence-electron chi connectivity index (χ3n) is 3.64. The van der Waals surface area contributed by atoms with Crippen LogP contribution in [0.1, 0.15) is 29.6 Å². The summed E-state index contributed by atoms with van der Waals surface area (Å²) in [4.78, 5) is 13.3. The van der Waals surface area contributed by atoms with Crippen LogP contribution >= 0.6 is 11.8 Å². The summed E-state index contributed by atoms with van der Waals surface area (Å²) in [7, 11) is 0. The molecule has 0 aliphatic carbocycles. The molecule has 0 aromatic heterocycles. The Labute approximate surface area is 118 Å². The number of nitrogen functional groups attached to an aromatic ring is 1. The maximum absolute atomic E-state index is 10.9. The highest BCUT2D eigenvalue weighted by atomic mass is 32.2. The highest BCUT2D eigenvalue weighted by Crippen LogP contribution is 2.27. The third kappa shape index (κ3) is 3.35. The van der Waals surface area contributed by atoms with Crippen molar-refractivity contribution in [3.63, 3.8) is 0 Å². The standard InChI is InChI=1S/C14H20N2O2S/c1-19-11-3-2-7-16(8-6-11)10-4-5-12(14(17)18)13(15)9-10/h4-5,9,11H,2-3,6-8,15H2,1H3,(H,17,18). The minimum atomic E-state index is -0.970. The number of carbonyl (C=O) groups is 1. The summed E-state index contributed by atoms with van der Waals surface area (Å²) in [6.45, 7) is 2.03. The van der Waals surface area contributed by atoms with Gasteiger partial charge in [0.2, 0.25) is 0 Å². The van der Waals surface area contributed by atoms with E-state index < -0.39 is 5.97 Å². The van der Waals surface area contributed by atoms with Crippen molar-refractivity contribution in [3.05, 3.63) is 23.8 Å². The van der Waals surface area contributed by atoms with Crippen LogP contribution in [-0.4, -0.2) is 35.7 Å². The molecule has 1 unspecified atom stereocenters. The van der Waals surface area contributed by atoms with Crippen molar-refractivity contribution in [1.29, 1.82) is 0 Å². The molecule has 0 bridgehead atoms. The zero-order chi connectivity index (χ0) is 13.8. The number of thioether (sulfide) groups is 1.